The number of rotatable bonds is 4. The highest BCUT2D eigenvalue weighted by Crippen LogP contribution is 2.32. The standard InChI is InChI=1S/C28H34N4O2S/c1-19-6-5-7-23(16-19)31-15-14-30(17-20(31)2)26(33)22-12-10-21(11-13-22)18-32-27(34)24-8-3-4-9-25(24)29-28(32)35/h3-9,16,20-22H,10-15,17-18H2,1-2H3,(H,29,35)/t20-,21?,22?/m0/s1. The van der Waals surface area contributed by atoms with Crippen LogP contribution in [-0.4, -0.2) is 46.0 Å². The zero-order chi connectivity index (χ0) is 24.5. The van der Waals surface area contributed by atoms with Gasteiger partial charge in [0.05, 0.1) is 10.9 Å². The quantitative estimate of drug-likeness (QED) is 0.528. The number of para-hydroxylation sites is 1. The molecular formula is C28H34N4O2S. The van der Waals surface area contributed by atoms with Crippen molar-refractivity contribution >= 4 is 34.7 Å². The molecule has 1 atom stereocenters. The Morgan fingerprint density at radius 1 is 1.06 bits per heavy atom. The van der Waals surface area contributed by atoms with Gasteiger partial charge in [-0.15, -0.1) is 0 Å². The van der Waals surface area contributed by atoms with Crippen molar-refractivity contribution in [3.63, 3.8) is 0 Å². The Kier molecular flexibility index (Phi) is 6.78. The average molecular weight is 491 g/mol. The summed E-state index contributed by atoms with van der Waals surface area (Å²) in [5.74, 6) is 0.760. The number of benzene rings is 2. The van der Waals surface area contributed by atoms with Gasteiger partial charge in [0.15, 0.2) is 4.77 Å². The molecule has 0 unspecified atom stereocenters. The highest BCUT2D eigenvalue weighted by atomic mass is 32.1. The third-order valence-corrected chi connectivity index (χ3v) is 8.12. The Balaban J connectivity index is 1.18. The molecule has 0 spiro atoms. The highest BCUT2D eigenvalue weighted by Gasteiger charge is 2.33. The molecule has 1 saturated carbocycles. The number of carbonyl (C=O) groups excluding carboxylic acids is 1. The Labute approximate surface area is 211 Å². The maximum atomic E-state index is 13.3. The second-order valence-electron chi connectivity index (χ2n) is 10.3. The molecular weight excluding hydrogens is 456 g/mol. The summed E-state index contributed by atoms with van der Waals surface area (Å²) in [6.07, 6.45) is 3.66. The normalized spacial score (nSPS) is 23.0. The van der Waals surface area contributed by atoms with Gasteiger partial charge in [-0.05, 0) is 87.5 Å². The highest BCUT2D eigenvalue weighted by molar-refractivity contribution is 7.71. The average Bonchev–Trinajstić information content (AvgIpc) is 2.86. The number of nitrogens with one attached hydrogen (secondary N) is 1. The number of fused-ring (bicyclic) bond motifs is 1. The number of aromatic amines is 1. The molecule has 3 aromatic rings. The molecule has 1 saturated heterocycles. The van der Waals surface area contributed by atoms with Gasteiger partial charge in [0.1, 0.15) is 0 Å². The molecule has 1 aromatic heterocycles. The number of carbonyl (C=O) groups is 1. The molecule has 0 bridgehead atoms. The molecule has 1 amide bonds. The van der Waals surface area contributed by atoms with Crippen molar-refractivity contribution in [2.75, 3.05) is 24.5 Å². The van der Waals surface area contributed by atoms with Crippen LogP contribution < -0.4 is 10.5 Å². The van der Waals surface area contributed by atoms with Crippen LogP contribution in [0.15, 0.2) is 53.3 Å². The van der Waals surface area contributed by atoms with Crippen LogP contribution in [0, 0.1) is 23.5 Å². The van der Waals surface area contributed by atoms with E-state index in [1.807, 2.05) is 24.3 Å². The summed E-state index contributed by atoms with van der Waals surface area (Å²) >= 11 is 5.49. The number of aryl methyl sites for hydroxylation is 1. The summed E-state index contributed by atoms with van der Waals surface area (Å²) in [5, 5.41) is 0.670. The van der Waals surface area contributed by atoms with E-state index >= 15 is 0 Å². The molecule has 6 nitrogen and oxygen atoms in total. The number of nitrogens with zero attached hydrogens (tertiary/aromatic N) is 3. The molecule has 184 valence electrons. The van der Waals surface area contributed by atoms with Gasteiger partial charge in [-0.25, -0.2) is 0 Å². The Bertz CT molecular complexity index is 1340. The van der Waals surface area contributed by atoms with Crippen LogP contribution >= 0.6 is 12.2 Å². The number of aromatic nitrogens is 2. The number of amides is 1. The van der Waals surface area contributed by atoms with Gasteiger partial charge in [0, 0.05) is 43.8 Å². The lowest BCUT2D eigenvalue weighted by atomic mass is 9.81. The SMILES string of the molecule is Cc1cccc(N2CCN(C(=O)C3CCC(Cn4c(=S)[nH]c5ccccc5c4=O)CC3)C[C@@H]2C)c1. The van der Waals surface area contributed by atoms with Gasteiger partial charge >= 0.3 is 0 Å². The predicted octanol–water partition coefficient (Wildman–Crippen LogP) is 4.91. The predicted molar refractivity (Wildman–Crippen MR) is 143 cm³/mol. The van der Waals surface area contributed by atoms with Gasteiger partial charge in [0.25, 0.3) is 5.56 Å². The summed E-state index contributed by atoms with van der Waals surface area (Å²) in [6, 6.07) is 16.4. The van der Waals surface area contributed by atoms with Crippen molar-refractivity contribution < 1.29 is 4.79 Å². The van der Waals surface area contributed by atoms with E-state index < -0.39 is 0 Å². The van der Waals surface area contributed by atoms with Crippen molar-refractivity contribution in [3.05, 3.63) is 69.2 Å². The summed E-state index contributed by atoms with van der Waals surface area (Å²) in [6.45, 7) is 7.37. The first-order valence-electron chi connectivity index (χ1n) is 12.7. The molecule has 35 heavy (non-hydrogen) atoms. The fraction of sp³-hybridized carbons (Fsp3) is 0.464. The number of anilines is 1. The monoisotopic (exact) mass is 490 g/mol. The van der Waals surface area contributed by atoms with Crippen LogP contribution in [0.1, 0.15) is 38.2 Å². The lowest BCUT2D eigenvalue weighted by Crippen LogP contribution is -2.55. The number of piperazine rings is 1. The molecule has 2 aromatic carbocycles. The van der Waals surface area contributed by atoms with Gasteiger partial charge in [0.2, 0.25) is 5.91 Å². The van der Waals surface area contributed by atoms with E-state index in [1.54, 1.807) is 4.57 Å². The molecule has 7 heteroatoms. The second kappa shape index (κ2) is 9.97. The first-order chi connectivity index (χ1) is 16.9. The van der Waals surface area contributed by atoms with Crippen molar-refractivity contribution in [3.8, 4) is 0 Å². The molecule has 2 fully saturated rings. The van der Waals surface area contributed by atoms with Crippen molar-refractivity contribution in [1.29, 1.82) is 0 Å². The lowest BCUT2D eigenvalue weighted by molar-refractivity contribution is -0.137. The number of hydrogen-bond acceptors (Lipinski definition) is 4. The zero-order valence-electron chi connectivity index (χ0n) is 20.6. The third-order valence-electron chi connectivity index (χ3n) is 7.80. The zero-order valence-corrected chi connectivity index (χ0v) is 21.4. The van der Waals surface area contributed by atoms with E-state index in [0.717, 1.165) is 50.8 Å². The second-order valence-corrected chi connectivity index (χ2v) is 10.7. The van der Waals surface area contributed by atoms with Crippen LogP contribution in [-0.2, 0) is 11.3 Å². The van der Waals surface area contributed by atoms with E-state index in [1.165, 1.54) is 11.3 Å². The molecule has 2 heterocycles. The van der Waals surface area contributed by atoms with Crippen molar-refractivity contribution in [1.82, 2.24) is 14.5 Å². The topological polar surface area (TPSA) is 61.3 Å². The first kappa shape index (κ1) is 23.8. The van der Waals surface area contributed by atoms with Gasteiger partial charge in [-0.2, -0.15) is 0 Å². The van der Waals surface area contributed by atoms with E-state index in [4.69, 9.17) is 12.2 Å². The fourth-order valence-electron chi connectivity index (χ4n) is 5.82. The summed E-state index contributed by atoms with van der Waals surface area (Å²) in [5.41, 5.74) is 3.26. The summed E-state index contributed by atoms with van der Waals surface area (Å²) < 4.78 is 2.18. The molecule has 1 aliphatic heterocycles. The first-order valence-corrected chi connectivity index (χ1v) is 13.2. The van der Waals surface area contributed by atoms with Crippen LogP contribution in [0.4, 0.5) is 5.69 Å². The summed E-state index contributed by atoms with van der Waals surface area (Å²) in [7, 11) is 0. The summed E-state index contributed by atoms with van der Waals surface area (Å²) in [4.78, 5) is 34.0. The molecule has 5 rings (SSSR count). The maximum Gasteiger partial charge on any atom is 0.262 e. The van der Waals surface area contributed by atoms with Crippen LogP contribution in [0.5, 0.6) is 0 Å². The molecule has 0 radical (unpaired) electrons. The van der Waals surface area contributed by atoms with E-state index in [2.05, 4.69) is 52.9 Å². The molecule has 2 aliphatic rings. The third kappa shape index (κ3) is 4.92. The largest absolute Gasteiger partial charge is 0.365 e. The smallest absolute Gasteiger partial charge is 0.262 e. The number of hydrogen-bond donors (Lipinski definition) is 1. The van der Waals surface area contributed by atoms with Gasteiger partial charge in [-0.3, -0.25) is 14.2 Å². The molecule has 1 aliphatic carbocycles. The maximum absolute atomic E-state index is 13.3. The van der Waals surface area contributed by atoms with E-state index in [0.29, 0.717) is 34.6 Å². The Morgan fingerprint density at radius 2 is 1.83 bits per heavy atom. The fourth-order valence-corrected chi connectivity index (χ4v) is 6.09. The lowest BCUT2D eigenvalue weighted by Gasteiger charge is -2.43. The van der Waals surface area contributed by atoms with E-state index in [9.17, 15) is 9.59 Å². The van der Waals surface area contributed by atoms with E-state index in [-0.39, 0.29) is 11.5 Å². The minimum Gasteiger partial charge on any atom is -0.365 e. The minimum absolute atomic E-state index is 0.0250. The molecule has 1 N–H and O–H groups in total. The Hall–Kier alpha value is -2.93. The Morgan fingerprint density at radius 3 is 2.57 bits per heavy atom. The number of H-pyrrole nitrogens is 1. The van der Waals surface area contributed by atoms with Crippen molar-refractivity contribution in [2.24, 2.45) is 11.8 Å². The van der Waals surface area contributed by atoms with Crippen LogP contribution in [0.25, 0.3) is 10.9 Å². The van der Waals surface area contributed by atoms with Gasteiger partial charge in [-0.1, -0.05) is 24.3 Å². The van der Waals surface area contributed by atoms with Gasteiger partial charge < -0.3 is 14.8 Å². The van der Waals surface area contributed by atoms with Crippen molar-refractivity contribution in [2.45, 2.75) is 52.1 Å². The van der Waals surface area contributed by atoms with Crippen LogP contribution in [0.2, 0.25) is 0 Å². The van der Waals surface area contributed by atoms with Crippen LogP contribution in [0.3, 0.4) is 0 Å². The minimum atomic E-state index is -0.0250.